The molecule has 3 N–H and O–H groups in total. The second kappa shape index (κ2) is 8.92. The van der Waals surface area contributed by atoms with E-state index in [4.69, 9.17) is 9.47 Å². The van der Waals surface area contributed by atoms with Crippen LogP contribution < -0.4 is 10.1 Å². The molecule has 0 amide bonds. The number of rotatable bonds is 10. The van der Waals surface area contributed by atoms with Crippen LogP contribution in [-0.4, -0.2) is 47.1 Å². The molecule has 1 aromatic heterocycles. The smallest absolute Gasteiger partial charge is 0.311 e. The number of aliphatic carboxylic acids is 1. The van der Waals surface area contributed by atoms with Gasteiger partial charge in [-0.2, -0.15) is 0 Å². The highest BCUT2D eigenvalue weighted by Crippen LogP contribution is 2.59. The lowest BCUT2D eigenvalue weighted by molar-refractivity contribution is -0.139. The summed E-state index contributed by atoms with van der Waals surface area (Å²) in [6, 6.07) is 11.3. The molecule has 34 heavy (non-hydrogen) atoms. The maximum atomic E-state index is 14.1. The molecule has 1 aliphatic heterocycles. The van der Waals surface area contributed by atoms with E-state index in [0.717, 1.165) is 6.42 Å². The number of carbonyl (C=O) groups is 1. The van der Waals surface area contributed by atoms with Crippen molar-refractivity contribution < 1.29 is 28.9 Å². The predicted molar refractivity (Wildman–Crippen MR) is 128 cm³/mol. The summed E-state index contributed by atoms with van der Waals surface area (Å²) in [7, 11) is 0. The van der Waals surface area contributed by atoms with Gasteiger partial charge in [-0.15, -0.1) is 11.3 Å². The molecule has 0 unspecified atom stereocenters. The molecule has 5 rings (SSSR count). The zero-order valence-electron chi connectivity index (χ0n) is 19.1. The van der Waals surface area contributed by atoms with Crippen molar-refractivity contribution in [1.29, 1.82) is 0 Å². The van der Waals surface area contributed by atoms with Gasteiger partial charge in [0.25, 0.3) is 0 Å². The highest BCUT2D eigenvalue weighted by molar-refractivity contribution is 7.17. The fraction of sp³-hybridized carbons (Fsp3) is 0.423. The lowest BCUT2D eigenvalue weighted by Crippen LogP contribution is -2.45. The van der Waals surface area contributed by atoms with E-state index in [0.29, 0.717) is 23.4 Å². The Morgan fingerprint density at radius 2 is 2.12 bits per heavy atom. The van der Waals surface area contributed by atoms with Crippen LogP contribution in [0.2, 0.25) is 0 Å². The normalized spacial score (nSPS) is 21.7. The van der Waals surface area contributed by atoms with Gasteiger partial charge in [-0.3, -0.25) is 4.79 Å². The lowest BCUT2D eigenvalue weighted by Gasteiger charge is -2.28. The minimum absolute atomic E-state index is 0.0817. The van der Waals surface area contributed by atoms with E-state index >= 15 is 0 Å². The van der Waals surface area contributed by atoms with Gasteiger partial charge in [-0.1, -0.05) is 12.1 Å². The molecular formula is C26H28FNO5S. The third-order valence-electron chi connectivity index (χ3n) is 6.56. The summed E-state index contributed by atoms with van der Waals surface area (Å²) in [5, 5.41) is 26.4. The number of carboxylic acid groups (broad SMARTS) is 1. The molecule has 2 aromatic carbocycles. The minimum atomic E-state index is -0.923. The summed E-state index contributed by atoms with van der Waals surface area (Å²) in [5.41, 5.74) is 2.15. The zero-order chi connectivity index (χ0) is 24.0. The second-order valence-corrected chi connectivity index (χ2v) is 10.8. The molecule has 0 bridgehead atoms. The topological polar surface area (TPSA) is 88.0 Å². The van der Waals surface area contributed by atoms with E-state index in [1.165, 1.54) is 27.8 Å². The molecule has 1 fully saturated rings. The van der Waals surface area contributed by atoms with Crippen molar-refractivity contribution in [2.45, 2.75) is 50.5 Å². The van der Waals surface area contributed by atoms with Crippen LogP contribution in [0.25, 0.3) is 10.1 Å². The molecule has 180 valence electrons. The van der Waals surface area contributed by atoms with Gasteiger partial charge < -0.3 is 25.0 Å². The van der Waals surface area contributed by atoms with Crippen LogP contribution in [0.1, 0.15) is 36.5 Å². The number of thiophene rings is 1. The number of nitrogens with one attached hydrogen (secondary N) is 1. The van der Waals surface area contributed by atoms with Crippen LogP contribution in [0.3, 0.4) is 0 Å². The monoisotopic (exact) mass is 485 g/mol. The van der Waals surface area contributed by atoms with Crippen molar-refractivity contribution in [3.05, 3.63) is 64.3 Å². The molecule has 4 atom stereocenters. The number of fused-ring (bicyclic) bond motifs is 4. The SMILES string of the molecule is CC(C)(Cc1ccc2sccc2c1)NC[C@@H](O)COCc1cc(F)cc2c1O[C@@H]1[C@@H](C(=O)O)[C@H]21. The molecular weight excluding hydrogens is 457 g/mol. The van der Waals surface area contributed by atoms with Crippen LogP contribution in [0.4, 0.5) is 4.39 Å². The van der Waals surface area contributed by atoms with Gasteiger partial charge in [0.15, 0.2) is 0 Å². The molecule has 8 heteroatoms. The number of halogens is 1. The predicted octanol–water partition coefficient (Wildman–Crippen LogP) is 4.09. The first kappa shape index (κ1) is 23.2. The largest absolute Gasteiger partial charge is 0.488 e. The quantitative estimate of drug-likeness (QED) is 0.401. The summed E-state index contributed by atoms with van der Waals surface area (Å²) >= 11 is 1.73. The van der Waals surface area contributed by atoms with E-state index in [1.807, 2.05) is 0 Å². The number of carboxylic acids is 1. The van der Waals surface area contributed by atoms with Crippen LogP contribution in [-0.2, 0) is 22.6 Å². The Hall–Kier alpha value is -2.52. The third kappa shape index (κ3) is 4.68. The van der Waals surface area contributed by atoms with Gasteiger partial charge in [-0.25, -0.2) is 4.39 Å². The molecule has 2 aliphatic rings. The molecule has 1 aliphatic carbocycles. The molecule has 1 saturated carbocycles. The molecule has 3 aromatic rings. The Kier molecular flexibility index (Phi) is 6.10. The van der Waals surface area contributed by atoms with Crippen molar-refractivity contribution in [3.8, 4) is 5.75 Å². The zero-order valence-corrected chi connectivity index (χ0v) is 19.9. The first-order chi connectivity index (χ1) is 16.2. The number of ether oxygens (including phenoxy) is 2. The fourth-order valence-corrected chi connectivity index (χ4v) is 5.63. The van der Waals surface area contributed by atoms with Crippen LogP contribution >= 0.6 is 11.3 Å². The average molecular weight is 486 g/mol. The molecule has 0 radical (unpaired) electrons. The third-order valence-corrected chi connectivity index (χ3v) is 7.46. The van der Waals surface area contributed by atoms with Crippen molar-refractivity contribution >= 4 is 27.4 Å². The Morgan fingerprint density at radius 3 is 2.91 bits per heavy atom. The van der Waals surface area contributed by atoms with Crippen molar-refractivity contribution in [1.82, 2.24) is 5.32 Å². The Morgan fingerprint density at radius 1 is 1.29 bits per heavy atom. The summed E-state index contributed by atoms with van der Waals surface area (Å²) < 4.78 is 26.8. The molecule has 2 heterocycles. The molecule has 0 saturated heterocycles. The lowest BCUT2D eigenvalue weighted by atomic mass is 9.94. The van der Waals surface area contributed by atoms with Gasteiger partial charge in [0, 0.05) is 33.8 Å². The van der Waals surface area contributed by atoms with E-state index in [-0.39, 0.29) is 24.7 Å². The van der Waals surface area contributed by atoms with Crippen molar-refractivity contribution in [2.75, 3.05) is 13.2 Å². The van der Waals surface area contributed by atoms with E-state index in [9.17, 15) is 19.4 Å². The second-order valence-electron chi connectivity index (χ2n) is 9.86. The number of benzene rings is 2. The van der Waals surface area contributed by atoms with Gasteiger partial charge in [0.05, 0.1) is 19.3 Å². The number of aliphatic hydroxyl groups excluding tert-OH is 1. The van der Waals surface area contributed by atoms with Crippen LogP contribution in [0.15, 0.2) is 41.8 Å². The fourth-order valence-electron chi connectivity index (χ4n) is 4.86. The minimum Gasteiger partial charge on any atom is -0.488 e. The number of hydrogen-bond acceptors (Lipinski definition) is 6. The summed E-state index contributed by atoms with van der Waals surface area (Å²) in [4.78, 5) is 11.2. The van der Waals surface area contributed by atoms with Gasteiger partial charge in [0.2, 0.25) is 0 Å². The van der Waals surface area contributed by atoms with E-state index < -0.39 is 29.9 Å². The Balaban J connectivity index is 1.11. The number of aliphatic hydroxyl groups is 1. The summed E-state index contributed by atoms with van der Waals surface area (Å²) in [6.45, 7) is 4.72. The highest BCUT2D eigenvalue weighted by Gasteiger charge is 2.63. The number of β-amino-alcohol motifs (C(OH)–C–C–N with tert-alkyl or cyclic N) is 1. The first-order valence-corrected chi connectivity index (χ1v) is 12.3. The molecule has 0 spiro atoms. The maximum absolute atomic E-state index is 14.1. The summed E-state index contributed by atoms with van der Waals surface area (Å²) in [6.07, 6.45) is -0.338. The van der Waals surface area contributed by atoms with E-state index in [2.05, 4.69) is 48.8 Å². The van der Waals surface area contributed by atoms with Crippen molar-refractivity contribution in [3.63, 3.8) is 0 Å². The maximum Gasteiger partial charge on any atom is 0.311 e. The standard InChI is InChI=1S/C26H28FNO5S/c1-26(2,10-14-3-4-20-15(7-14)5-6-34-20)28-11-18(29)13-32-12-16-8-17(27)9-19-21-22(25(30)31)24(21)33-23(16)19/h3-9,18,21-22,24,28-29H,10-13H2,1-2H3,(H,30,31)/t18-,21+,22+,24+/m1/s1. The van der Waals surface area contributed by atoms with Crippen LogP contribution in [0, 0.1) is 11.7 Å². The molecule has 6 nitrogen and oxygen atoms in total. The highest BCUT2D eigenvalue weighted by atomic mass is 32.1. The average Bonchev–Trinajstić information content (AvgIpc) is 3.09. The van der Waals surface area contributed by atoms with E-state index in [1.54, 1.807) is 11.3 Å². The summed E-state index contributed by atoms with van der Waals surface area (Å²) in [5.74, 6) is -1.74. The number of hydrogen-bond donors (Lipinski definition) is 3. The Bertz CT molecular complexity index is 1230. The van der Waals surface area contributed by atoms with Crippen molar-refractivity contribution in [2.24, 2.45) is 5.92 Å². The van der Waals surface area contributed by atoms with Gasteiger partial charge in [-0.05, 0) is 60.9 Å². The van der Waals surface area contributed by atoms with Crippen LogP contribution in [0.5, 0.6) is 5.75 Å². The first-order valence-electron chi connectivity index (χ1n) is 11.4. The van der Waals surface area contributed by atoms with Gasteiger partial charge >= 0.3 is 5.97 Å². The Labute approximate surface area is 201 Å². The van der Waals surface area contributed by atoms with Gasteiger partial charge in [0.1, 0.15) is 23.6 Å².